The van der Waals surface area contributed by atoms with Crippen molar-refractivity contribution in [1.82, 2.24) is 4.90 Å². The summed E-state index contributed by atoms with van der Waals surface area (Å²) in [5, 5.41) is 11.4. The number of benzene rings is 1. The maximum absolute atomic E-state index is 14.3. The number of hydrogen-bond acceptors (Lipinski definition) is 4. The fraction of sp³-hybridized carbons (Fsp3) is 0.500. The van der Waals surface area contributed by atoms with E-state index in [0.29, 0.717) is 6.54 Å². The summed E-state index contributed by atoms with van der Waals surface area (Å²) in [7, 11) is 1.99. The van der Waals surface area contributed by atoms with Gasteiger partial charge in [-0.25, -0.2) is 8.78 Å². The molecule has 1 fully saturated rings. The molecule has 5 nitrogen and oxygen atoms in total. The molecule has 0 radical (unpaired) electrons. The summed E-state index contributed by atoms with van der Waals surface area (Å²) < 4.78 is 28.6. The number of nitrogens with two attached hydrogens (primary N) is 1. The van der Waals surface area contributed by atoms with Crippen LogP contribution in [0.5, 0.6) is 0 Å². The Morgan fingerprint density at radius 1 is 1.33 bits per heavy atom. The number of hydrogen-bond donors (Lipinski definition) is 2. The van der Waals surface area contributed by atoms with E-state index in [2.05, 4.69) is 10.1 Å². The third-order valence-corrected chi connectivity index (χ3v) is 3.75. The lowest BCUT2D eigenvalue weighted by Crippen LogP contribution is -2.39. The maximum atomic E-state index is 14.3. The van der Waals surface area contributed by atoms with Gasteiger partial charge < -0.3 is 20.7 Å². The number of amidine groups is 1. The average Bonchev–Trinajstić information content (AvgIpc) is 2.58. The Balaban J connectivity index is 2.39. The first-order chi connectivity index (χ1) is 9.93. The van der Waals surface area contributed by atoms with Crippen LogP contribution in [0.1, 0.15) is 18.9 Å². The first kappa shape index (κ1) is 15.5. The molecule has 1 saturated heterocycles. The number of halogens is 2. The van der Waals surface area contributed by atoms with E-state index in [1.165, 1.54) is 0 Å². The standard InChI is InChI=1S/C14H20F2N4O/c1-9-8-19(2)4-3-5-20(9)13-11(15)6-10(7-12(13)16)14(17)18-21/h6-7,9,21H,3-5,8H2,1-2H3,(H2,17,18). The maximum Gasteiger partial charge on any atom is 0.170 e. The molecule has 0 aliphatic carbocycles. The van der Waals surface area contributed by atoms with Crippen LogP contribution >= 0.6 is 0 Å². The molecule has 7 heteroatoms. The van der Waals surface area contributed by atoms with Gasteiger partial charge in [0.15, 0.2) is 5.84 Å². The number of nitrogens with zero attached hydrogens (tertiary/aromatic N) is 3. The van der Waals surface area contributed by atoms with E-state index < -0.39 is 11.6 Å². The zero-order chi connectivity index (χ0) is 15.6. The van der Waals surface area contributed by atoms with Gasteiger partial charge in [0.25, 0.3) is 0 Å². The molecule has 0 amide bonds. The molecule has 116 valence electrons. The largest absolute Gasteiger partial charge is 0.409 e. The van der Waals surface area contributed by atoms with Gasteiger partial charge in [-0.05, 0) is 39.1 Å². The molecular formula is C14H20F2N4O. The fourth-order valence-electron chi connectivity index (χ4n) is 2.75. The van der Waals surface area contributed by atoms with Gasteiger partial charge in [-0.1, -0.05) is 5.16 Å². The minimum absolute atomic E-state index is 0.00351. The minimum Gasteiger partial charge on any atom is -0.409 e. The van der Waals surface area contributed by atoms with Crippen LogP contribution in [-0.4, -0.2) is 48.7 Å². The molecule has 0 bridgehead atoms. The van der Waals surface area contributed by atoms with E-state index in [1.807, 2.05) is 14.0 Å². The summed E-state index contributed by atoms with van der Waals surface area (Å²) in [6.45, 7) is 4.16. The lowest BCUT2D eigenvalue weighted by Gasteiger charge is -2.30. The Hall–Kier alpha value is -1.89. The van der Waals surface area contributed by atoms with Crippen molar-refractivity contribution >= 4 is 11.5 Å². The summed E-state index contributed by atoms with van der Waals surface area (Å²) in [5.41, 5.74) is 5.35. The Morgan fingerprint density at radius 3 is 2.52 bits per heavy atom. The second-order valence-electron chi connectivity index (χ2n) is 5.43. The molecule has 1 aromatic rings. The minimum atomic E-state index is -0.701. The quantitative estimate of drug-likeness (QED) is 0.377. The van der Waals surface area contributed by atoms with Crippen LogP contribution in [0, 0.1) is 11.6 Å². The zero-order valence-corrected chi connectivity index (χ0v) is 12.2. The number of likely N-dealkylation sites (N-methyl/N-ethyl adjacent to an activating group) is 1. The Kier molecular flexibility index (Phi) is 4.62. The van der Waals surface area contributed by atoms with Crippen molar-refractivity contribution in [2.24, 2.45) is 10.9 Å². The van der Waals surface area contributed by atoms with E-state index in [-0.39, 0.29) is 23.1 Å². The van der Waals surface area contributed by atoms with Crippen molar-refractivity contribution in [1.29, 1.82) is 0 Å². The lowest BCUT2D eigenvalue weighted by molar-refractivity contribution is 0.318. The number of oxime groups is 1. The van der Waals surface area contributed by atoms with Crippen molar-refractivity contribution in [3.8, 4) is 0 Å². The van der Waals surface area contributed by atoms with Crippen LogP contribution < -0.4 is 10.6 Å². The van der Waals surface area contributed by atoms with E-state index in [9.17, 15) is 8.78 Å². The van der Waals surface area contributed by atoms with E-state index in [4.69, 9.17) is 10.9 Å². The third-order valence-electron chi connectivity index (χ3n) is 3.75. The van der Waals surface area contributed by atoms with E-state index in [0.717, 1.165) is 31.6 Å². The van der Waals surface area contributed by atoms with Crippen LogP contribution in [0.25, 0.3) is 0 Å². The second-order valence-corrected chi connectivity index (χ2v) is 5.43. The molecule has 1 unspecified atom stereocenters. The predicted octanol–water partition coefficient (Wildman–Crippen LogP) is 1.59. The van der Waals surface area contributed by atoms with Gasteiger partial charge in [-0.2, -0.15) is 0 Å². The number of anilines is 1. The van der Waals surface area contributed by atoms with E-state index >= 15 is 0 Å². The molecule has 1 aliphatic rings. The molecule has 1 aromatic carbocycles. The molecule has 2 rings (SSSR count). The van der Waals surface area contributed by atoms with Gasteiger partial charge in [0.1, 0.15) is 17.3 Å². The average molecular weight is 298 g/mol. The molecule has 0 saturated carbocycles. The monoisotopic (exact) mass is 298 g/mol. The summed E-state index contributed by atoms with van der Waals surface area (Å²) in [5.74, 6) is -1.72. The summed E-state index contributed by atoms with van der Waals surface area (Å²) in [6.07, 6.45) is 0.835. The molecule has 1 atom stereocenters. The van der Waals surface area contributed by atoms with Crippen LogP contribution in [0.15, 0.2) is 17.3 Å². The lowest BCUT2D eigenvalue weighted by atomic mass is 10.1. The second kappa shape index (κ2) is 6.26. The highest BCUT2D eigenvalue weighted by atomic mass is 19.1. The zero-order valence-electron chi connectivity index (χ0n) is 12.2. The summed E-state index contributed by atoms with van der Waals surface area (Å²) in [6, 6.07) is 2.18. The summed E-state index contributed by atoms with van der Waals surface area (Å²) >= 11 is 0. The topological polar surface area (TPSA) is 65.1 Å². The van der Waals surface area contributed by atoms with E-state index in [1.54, 1.807) is 4.90 Å². The highest BCUT2D eigenvalue weighted by Gasteiger charge is 2.25. The van der Waals surface area contributed by atoms with Gasteiger partial charge in [0.2, 0.25) is 0 Å². The molecule has 0 aromatic heterocycles. The van der Waals surface area contributed by atoms with Gasteiger partial charge >= 0.3 is 0 Å². The molecule has 3 N–H and O–H groups in total. The first-order valence-corrected chi connectivity index (χ1v) is 6.86. The van der Waals surface area contributed by atoms with Crippen molar-refractivity contribution in [3.05, 3.63) is 29.3 Å². The van der Waals surface area contributed by atoms with Gasteiger partial charge in [-0.3, -0.25) is 0 Å². The molecule has 1 aliphatic heterocycles. The highest BCUT2D eigenvalue weighted by molar-refractivity contribution is 5.97. The molecule has 0 spiro atoms. The molecule has 1 heterocycles. The highest BCUT2D eigenvalue weighted by Crippen LogP contribution is 2.28. The van der Waals surface area contributed by atoms with Crippen molar-refractivity contribution < 1.29 is 14.0 Å². The normalized spacial score (nSPS) is 21.4. The SMILES string of the molecule is CC1CN(C)CCCN1c1c(F)cc(C(N)=NO)cc1F. The molecular weight excluding hydrogens is 278 g/mol. The van der Waals surface area contributed by atoms with Crippen molar-refractivity contribution in [2.75, 3.05) is 31.6 Å². The Morgan fingerprint density at radius 2 is 1.95 bits per heavy atom. The van der Waals surface area contributed by atoms with Crippen molar-refractivity contribution in [2.45, 2.75) is 19.4 Å². The predicted molar refractivity (Wildman–Crippen MR) is 77.8 cm³/mol. The Labute approximate surface area is 122 Å². The van der Waals surface area contributed by atoms with Crippen LogP contribution in [0.3, 0.4) is 0 Å². The van der Waals surface area contributed by atoms with Crippen molar-refractivity contribution in [3.63, 3.8) is 0 Å². The smallest absolute Gasteiger partial charge is 0.170 e. The third kappa shape index (κ3) is 3.24. The molecule has 21 heavy (non-hydrogen) atoms. The van der Waals surface area contributed by atoms with Crippen LogP contribution in [0.4, 0.5) is 14.5 Å². The number of rotatable bonds is 2. The van der Waals surface area contributed by atoms with Gasteiger partial charge in [-0.15, -0.1) is 0 Å². The van der Waals surface area contributed by atoms with Crippen LogP contribution in [-0.2, 0) is 0 Å². The Bertz CT molecular complexity index is 527. The van der Waals surface area contributed by atoms with Gasteiger partial charge in [0, 0.05) is 24.7 Å². The van der Waals surface area contributed by atoms with Gasteiger partial charge in [0.05, 0.1) is 0 Å². The summed E-state index contributed by atoms with van der Waals surface area (Å²) in [4.78, 5) is 3.88. The first-order valence-electron chi connectivity index (χ1n) is 6.86. The fourth-order valence-corrected chi connectivity index (χ4v) is 2.75. The van der Waals surface area contributed by atoms with Crippen LogP contribution in [0.2, 0.25) is 0 Å².